The molecule has 1 atom stereocenters. The standard InChI is InChI=1S/C24H27N9O2/c1-3-31-20-21(28-23(31)30-12-6-7-15(25)13-30)29(2)24(35)32(22(20)34)14-19-27-17-9-5-4-8-16(17)18-10-11-26-33(18)19/h4-5,8-11,15H,3,6-7,12-14,25H2,1-2H3. The Balaban J connectivity index is 1.55. The van der Waals surface area contributed by atoms with Crippen molar-refractivity contribution in [2.45, 2.75) is 38.9 Å². The van der Waals surface area contributed by atoms with Gasteiger partial charge in [0.05, 0.1) is 23.8 Å². The highest BCUT2D eigenvalue weighted by Crippen LogP contribution is 2.23. The summed E-state index contributed by atoms with van der Waals surface area (Å²) in [4.78, 5) is 38.7. The minimum absolute atomic E-state index is 0.0106. The van der Waals surface area contributed by atoms with Crippen molar-refractivity contribution in [2.24, 2.45) is 12.8 Å². The zero-order valence-electron chi connectivity index (χ0n) is 19.8. The Morgan fingerprint density at radius 1 is 1.11 bits per heavy atom. The van der Waals surface area contributed by atoms with E-state index in [2.05, 4.69) is 10.00 Å². The fourth-order valence-corrected chi connectivity index (χ4v) is 5.16. The normalized spacial score (nSPS) is 16.7. The molecule has 1 aromatic carbocycles. The Morgan fingerprint density at radius 3 is 2.74 bits per heavy atom. The maximum Gasteiger partial charge on any atom is 0.332 e. The Hall–Kier alpha value is -3.99. The molecule has 1 fully saturated rings. The van der Waals surface area contributed by atoms with Gasteiger partial charge in [0.1, 0.15) is 0 Å². The molecular weight excluding hydrogens is 446 g/mol. The van der Waals surface area contributed by atoms with E-state index in [0.717, 1.165) is 35.8 Å². The average Bonchev–Trinajstić information content (AvgIpc) is 3.51. The summed E-state index contributed by atoms with van der Waals surface area (Å²) < 4.78 is 6.25. The molecule has 0 radical (unpaired) electrons. The van der Waals surface area contributed by atoms with Crippen molar-refractivity contribution in [3.05, 3.63) is 63.2 Å². The quantitative estimate of drug-likeness (QED) is 0.415. The molecule has 0 aliphatic carbocycles. The number of benzene rings is 1. The van der Waals surface area contributed by atoms with Gasteiger partial charge in [0.2, 0.25) is 5.95 Å². The Labute approximate surface area is 200 Å². The molecule has 1 saturated heterocycles. The van der Waals surface area contributed by atoms with Crippen molar-refractivity contribution in [3.8, 4) is 0 Å². The van der Waals surface area contributed by atoms with Crippen molar-refractivity contribution < 1.29 is 0 Å². The van der Waals surface area contributed by atoms with E-state index < -0.39 is 5.69 Å². The minimum Gasteiger partial charge on any atom is -0.341 e. The van der Waals surface area contributed by atoms with Crippen molar-refractivity contribution in [1.82, 2.24) is 33.3 Å². The van der Waals surface area contributed by atoms with Gasteiger partial charge in [-0.15, -0.1) is 0 Å². The van der Waals surface area contributed by atoms with Gasteiger partial charge in [-0.05, 0) is 31.9 Å². The first-order chi connectivity index (χ1) is 17.0. The van der Waals surface area contributed by atoms with Crippen LogP contribution in [0.4, 0.5) is 5.95 Å². The van der Waals surface area contributed by atoms with E-state index in [1.807, 2.05) is 41.8 Å². The smallest absolute Gasteiger partial charge is 0.332 e. The molecular formula is C24H27N9O2. The number of hydrogen-bond acceptors (Lipinski definition) is 7. The van der Waals surface area contributed by atoms with Crippen LogP contribution in [0.15, 0.2) is 46.1 Å². The third-order valence-electron chi connectivity index (χ3n) is 6.89. The van der Waals surface area contributed by atoms with E-state index in [9.17, 15) is 9.59 Å². The van der Waals surface area contributed by atoms with Gasteiger partial charge in [-0.2, -0.15) is 10.1 Å². The number of nitrogens with two attached hydrogens (primary N) is 1. The monoisotopic (exact) mass is 473 g/mol. The predicted molar refractivity (Wildman–Crippen MR) is 134 cm³/mol. The highest BCUT2D eigenvalue weighted by molar-refractivity contribution is 5.93. The maximum absolute atomic E-state index is 13.8. The topological polar surface area (TPSA) is 121 Å². The highest BCUT2D eigenvalue weighted by Gasteiger charge is 2.26. The maximum atomic E-state index is 13.8. The lowest BCUT2D eigenvalue weighted by Gasteiger charge is -2.31. The molecule has 2 N–H and O–H groups in total. The van der Waals surface area contributed by atoms with Gasteiger partial charge >= 0.3 is 5.69 Å². The lowest BCUT2D eigenvalue weighted by molar-refractivity contribution is 0.494. The molecule has 0 spiro atoms. The van der Waals surface area contributed by atoms with Crippen molar-refractivity contribution in [2.75, 3.05) is 18.0 Å². The number of nitrogens with zero attached hydrogens (tertiary/aromatic N) is 8. The number of anilines is 1. The molecule has 180 valence electrons. The molecule has 4 aromatic heterocycles. The number of hydrogen-bond donors (Lipinski definition) is 1. The van der Waals surface area contributed by atoms with Crippen LogP contribution in [0.2, 0.25) is 0 Å². The summed E-state index contributed by atoms with van der Waals surface area (Å²) in [6.07, 6.45) is 3.62. The summed E-state index contributed by atoms with van der Waals surface area (Å²) >= 11 is 0. The fraction of sp³-hybridized carbons (Fsp3) is 0.375. The summed E-state index contributed by atoms with van der Waals surface area (Å²) in [5.74, 6) is 1.19. The Morgan fingerprint density at radius 2 is 1.94 bits per heavy atom. The largest absolute Gasteiger partial charge is 0.341 e. The second kappa shape index (κ2) is 8.05. The third-order valence-corrected chi connectivity index (χ3v) is 6.89. The van der Waals surface area contributed by atoms with E-state index in [1.165, 1.54) is 9.13 Å². The molecule has 5 heterocycles. The number of imidazole rings is 1. The number of piperidine rings is 1. The summed E-state index contributed by atoms with van der Waals surface area (Å²) in [6, 6.07) is 9.72. The van der Waals surface area contributed by atoms with Gasteiger partial charge in [0.25, 0.3) is 5.56 Å². The molecule has 1 aliphatic heterocycles. The number of rotatable bonds is 4. The second-order valence-corrected chi connectivity index (χ2v) is 9.08. The molecule has 11 heteroatoms. The summed E-state index contributed by atoms with van der Waals surface area (Å²) in [5.41, 5.74) is 7.81. The third kappa shape index (κ3) is 3.26. The van der Waals surface area contributed by atoms with Gasteiger partial charge in [-0.3, -0.25) is 13.9 Å². The van der Waals surface area contributed by atoms with Gasteiger partial charge < -0.3 is 15.2 Å². The van der Waals surface area contributed by atoms with Crippen LogP contribution in [0.5, 0.6) is 0 Å². The van der Waals surface area contributed by atoms with Crippen LogP contribution in [0.3, 0.4) is 0 Å². The SMILES string of the molecule is CCn1c(N2CCCC(N)C2)nc2c1c(=O)n(Cc1nc3ccccc3c3ccnn13)c(=O)n2C. The number of aromatic nitrogens is 7. The first-order valence-corrected chi connectivity index (χ1v) is 11.9. The molecule has 35 heavy (non-hydrogen) atoms. The van der Waals surface area contributed by atoms with Crippen LogP contribution in [0.25, 0.3) is 27.6 Å². The fourth-order valence-electron chi connectivity index (χ4n) is 5.16. The lowest BCUT2D eigenvalue weighted by atomic mass is 10.1. The zero-order chi connectivity index (χ0) is 24.3. The molecule has 1 unspecified atom stereocenters. The van der Waals surface area contributed by atoms with Crippen LogP contribution in [-0.4, -0.2) is 52.4 Å². The number of para-hydroxylation sites is 1. The molecule has 6 rings (SSSR count). The van der Waals surface area contributed by atoms with Crippen molar-refractivity contribution in [3.63, 3.8) is 0 Å². The van der Waals surface area contributed by atoms with Gasteiger partial charge in [0, 0.05) is 38.1 Å². The molecule has 0 bridgehead atoms. The van der Waals surface area contributed by atoms with E-state index in [-0.39, 0.29) is 18.1 Å². The van der Waals surface area contributed by atoms with E-state index in [1.54, 1.807) is 17.8 Å². The number of aryl methyl sites for hydroxylation is 2. The van der Waals surface area contributed by atoms with Crippen molar-refractivity contribution in [1.29, 1.82) is 0 Å². The average molecular weight is 474 g/mol. The van der Waals surface area contributed by atoms with Gasteiger partial charge in [0.15, 0.2) is 17.0 Å². The second-order valence-electron chi connectivity index (χ2n) is 9.08. The van der Waals surface area contributed by atoms with Crippen LogP contribution < -0.4 is 21.9 Å². The van der Waals surface area contributed by atoms with Crippen LogP contribution in [0, 0.1) is 0 Å². The van der Waals surface area contributed by atoms with Gasteiger partial charge in [-0.1, -0.05) is 18.2 Å². The predicted octanol–water partition coefficient (Wildman–Crippen LogP) is 1.09. The van der Waals surface area contributed by atoms with E-state index in [0.29, 0.717) is 36.0 Å². The molecule has 11 nitrogen and oxygen atoms in total. The Bertz CT molecular complexity index is 1710. The highest BCUT2D eigenvalue weighted by atomic mass is 16.2. The zero-order valence-corrected chi connectivity index (χ0v) is 19.8. The van der Waals surface area contributed by atoms with Crippen LogP contribution >= 0.6 is 0 Å². The summed E-state index contributed by atoms with van der Waals surface area (Å²) in [7, 11) is 1.65. The van der Waals surface area contributed by atoms with E-state index >= 15 is 0 Å². The Kier molecular flexibility index (Phi) is 4.95. The van der Waals surface area contributed by atoms with Gasteiger partial charge in [-0.25, -0.2) is 14.3 Å². The lowest BCUT2D eigenvalue weighted by Crippen LogP contribution is -2.44. The summed E-state index contributed by atoms with van der Waals surface area (Å²) in [5, 5.41) is 5.37. The van der Waals surface area contributed by atoms with Crippen LogP contribution in [-0.2, 0) is 20.1 Å². The molecule has 0 amide bonds. The molecule has 0 saturated carbocycles. The van der Waals surface area contributed by atoms with Crippen molar-refractivity contribution >= 4 is 33.5 Å². The number of fused-ring (bicyclic) bond motifs is 4. The van der Waals surface area contributed by atoms with E-state index in [4.69, 9.17) is 15.7 Å². The molecule has 1 aliphatic rings. The summed E-state index contributed by atoms with van der Waals surface area (Å²) in [6.45, 7) is 3.99. The first kappa shape index (κ1) is 21.5. The van der Waals surface area contributed by atoms with Crippen LogP contribution in [0.1, 0.15) is 25.6 Å². The molecule has 5 aromatic rings. The first-order valence-electron chi connectivity index (χ1n) is 11.9. The minimum atomic E-state index is -0.444.